The van der Waals surface area contributed by atoms with Gasteiger partial charge in [0.1, 0.15) is 5.82 Å². The topological polar surface area (TPSA) is 78.4 Å². The number of urea groups is 1. The lowest BCUT2D eigenvalue weighted by atomic mass is 10.1. The third-order valence-corrected chi connectivity index (χ3v) is 3.16. The van der Waals surface area contributed by atoms with E-state index in [0.717, 1.165) is 6.07 Å². The summed E-state index contributed by atoms with van der Waals surface area (Å²) in [7, 11) is 0. The minimum Gasteiger partial charge on any atom is -0.481 e. The predicted molar refractivity (Wildman–Crippen MR) is 72.5 cm³/mol. The summed E-state index contributed by atoms with van der Waals surface area (Å²) in [5, 5.41) is 13.3. The molecular formula is C12H13BrF2N2O3. The summed E-state index contributed by atoms with van der Waals surface area (Å²) in [6, 6.07) is 0.965. The summed E-state index contributed by atoms with van der Waals surface area (Å²) in [6.45, 7) is 1.64. The van der Waals surface area contributed by atoms with Crippen LogP contribution in [0.5, 0.6) is 0 Å². The van der Waals surface area contributed by atoms with E-state index in [2.05, 4.69) is 26.6 Å². The van der Waals surface area contributed by atoms with Gasteiger partial charge in [0.2, 0.25) is 0 Å². The van der Waals surface area contributed by atoms with Crippen molar-refractivity contribution in [1.29, 1.82) is 0 Å². The number of carboxylic acid groups (broad SMARTS) is 1. The van der Waals surface area contributed by atoms with Crippen molar-refractivity contribution in [2.45, 2.75) is 13.3 Å². The van der Waals surface area contributed by atoms with Crippen LogP contribution in [0, 0.1) is 17.6 Å². The first kappa shape index (κ1) is 16.4. The average molecular weight is 351 g/mol. The molecule has 0 aromatic heterocycles. The fourth-order valence-electron chi connectivity index (χ4n) is 1.35. The van der Waals surface area contributed by atoms with E-state index in [1.54, 1.807) is 0 Å². The van der Waals surface area contributed by atoms with Crippen molar-refractivity contribution in [3.8, 4) is 0 Å². The van der Waals surface area contributed by atoms with E-state index in [9.17, 15) is 18.4 Å². The first-order valence-corrected chi connectivity index (χ1v) is 6.52. The molecule has 8 heteroatoms. The van der Waals surface area contributed by atoms with Gasteiger partial charge >= 0.3 is 12.0 Å². The molecule has 3 N–H and O–H groups in total. The maximum atomic E-state index is 13.4. The Kier molecular flexibility index (Phi) is 5.87. The molecule has 0 heterocycles. The van der Waals surface area contributed by atoms with E-state index < -0.39 is 29.6 Å². The van der Waals surface area contributed by atoms with Crippen molar-refractivity contribution in [3.63, 3.8) is 0 Å². The van der Waals surface area contributed by atoms with E-state index in [1.165, 1.54) is 6.92 Å². The lowest BCUT2D eigenvalue weighted by Gasteiger charge is -2.11. The molecule has 0 spiro atoms. The Morgan fingerprint density at radius 1 is 1.40 bits per heavy atom. The summed E-state index contributed by atoms with van der Waals surface area (Å²) in [4.78, 5) is 22.1. The van der Waals surface area contributed by atoms with Gasteiger partial charge in [-0.05, 0) is 28.4 Å². The van der Waals surface area contributed by atoms with E-state index in [0.29, 0.717) is 6.07 Å². The number of halogens is 3. The highest BCUT2D eigenvalue weighted by Crippen LogP contribution is 2.26. The van der Waals surface area contributed by atoms with Crippen LogP contribution in [-0.2, 0) is 4.79 Å². The number of hydrogen-bond donors (Lipinski definition) is 3. The van der Waals surface area contributed by atoms with Gasteiger partial charge in [0.25, 0.3) is 0 Å². The number of aliphatic carboxylic acids is 1. The molecule has 0 aliphatic rings. The minimum atomic E-state index is -0.959. The summed E-state index contributed by atoms with van der Waals surface area (Å²) in [6.07, 6.45) is 0.246. The maximum absolute atomic E-state index is 13.4. The van der Waals surface area contributed by atoms with Crippen LogP contribution in [-0.4, -0.2) is 23.7 Å². The second-order valence-electron chi connectivity index (χ2n) is 4.15. The Hall–Kier alpha value is -1.70. The molecule has 0 saturated heterocycles. The molecule has 110 valence electrons. The lowest BCUT2D eigenvalue weighted by Crippen LogP contribution is -2.31. The van der Waals surface area contributed by atoms with Gasteiger partial charge in [0.05, 0.1) is 11.6 Å². The third kappa shape index (κ3) is 4.76. The number of carboxylic acids is 1. The number of anilines is 1. The summed E-state index contributed by atoms with van der Waals surface area (Å²) < 4.78 is 26.4. The van der Waals surface area contributed by atoms with Crippen molar-refractivity contribution in [2.24, 2.45) is 5.92 Å². The lowest BCUT2D eigenvalue weighted by molar-refractivity contribution is -0.141. The fourth-order valence-corrected chi connectivity index (χ4v) is 1.85. The van der Waals surface area contributed by atoms with Gasteiger partial charge in [-0.1, -0.05) is 6.92 Å². The molecule has 1 atom stereocenters. The van der Waals surface area contributed by atoms with Gasteiger partial charge in [-0.15, -0.1) is 0 Å². The molecule has 0 saturated carbocycles. The molecule has 1 aromatic rings. The van der Waals surface area contributed by atoms with Gasteiger partial charge in [-0.3, -0.25) is 4.79 Å². The van der Waals surface area contributed by atoms with Crippen LogP contribution >= 0.6 is 15.9 Å². The predicted octanol–water partition coefficient (Wildman–Crippen LogP) is 2.96. The molecule has 0 bridgehead atoms. The Morgan fingerprint density at radius 2 is 2.05 bits per heavy atom. The van der Waals surface area contributed by atoms with Crippen molar-refractivity contribution in [2.75, 3.05) is 11.9 Å². The second kappa shape index (κ2) is 7.18. The van der Waals surface area contributed by atoms with Crippen molar-refractivity contribution in [1.82, 2.24) is 5.32 Å². The summed E-state index contributed by atoms with van der Waals surface area (Å²) in [5.74, 6) is -3.23. The van der Waals surface area contributed by atoms with Gasteiger partial charge in [0.15, 0.2) is 5.82 Å². The Labute approximate surface area is 122 Å². The zero-order chi connectivity index (χ0) is 15.3. The van der Waals surface area contributed by atoms with E-state index in [1.807, 2.05) is 0 Å². The highest BCUT2D eigenvalue weighted by Gasteiger charge is 2.14. The number of rotatable bonds is 5. The van der Waals surface area contributed by atoms with Crippen LogP contribution in [0.2, 0.25) is 0 Å². The molecule has 0 fully saturated rings. The molecule has 20 heavy (non-hydrogen) atoms. The number of carbonyl (C=O) groups is 2. The van der Waals surface area contributed by atoms with Crippen LogP contribution in [0.4, 0.5) is 19.3 Å². The molecule has 1 rings (SSSR count). The molecule has 0 radical (unpaired) electrons. The molecule has 2 amide bonds. The Balaban J connectivity index is 2.53. The van der Waals surface area contributed by atoms with Gasteiger partial charge in [0, 0.05) is 17.1 Å². The molecule has 0 aliphatic carbocycles. The Morgan fingerprint density at radius 3 is 2.60 bits per heavy atom. The molecule has 1 unspecified atom stereocenters. The average Bonchev–Trinajstić information content (AvgIpc) is 2.33. The quantitative estimate of drug-likeness (QED) is 0.763. The maximum Gasteiger partial charge on any atom is 0.319 e. The van der Waals surface area contributed by atoms with Crippen LogP contribution in [0.15, 0.2) is 16.6 Å². The number of amides is 2. The van der Waals surface area contributed by atoms with Crippen molar-refractivity contribution in [3.05, 3.63) is 28.2 Å². The summed E-state index contributed by atoms with van der Waals surface area (Å²) in [5.41, 5.74) is -0.185. The van der Waals surface area contributed by atoms with Crippen LogP contribution in [0.25, 0.3) is 0 Å². The third-order valence-electron chi connectivity index (χ3n) is 2.53. The highest BCUT2D eigenvalue weighted by molar-refractivity contribution is 9.10. The van der Waals surface area contributed by atoms with E-state index >= 15 is 0 Å². The van der Waals surface area contributed by atoms with Crippen LogP contribution < -0.4 is 10.6 Å². The number of hydrogen-bond acceptors (Lipinski definition) is 2. The van der Waals surface area contributed by atoms with Gasteiger partial charge in [-0.25, -0.2) is 13.6 Å². The first-order chi connectivity index (χ1) is 9.31. The number of carbonyl (C=O) groups excluding carboxylic acids is 1. The molecule has 1 aromatic carbocycles. The monoisotopic (exact) mass is 350 g/mol. The molecule has 5 nitrogen and oxygen atoms in total. The smallest absolute Gasteiger partial charge is 0.319 e. The van der Waals surface area contributed by atoms with Crippen LogP contribution in [0.3, 0.4) is 0 Å². The molecular weight excluding hydrogens is 338 g/mol. The number of nitrogens with one attached hydrogen (secondary N) is 2. The Bertz CT molecular complexity index is 502. The number of benzene rings is 1. The van der Waals surface area contributed by atoms with Gasteiger partial charge in [-0.2, -0.15) is 0 Å². The second-order valence-corrected chi connectivity index (χ2v) is 5.01. The van der Waals surface area contributed by atoms with Crippen LogP contribution in [0.1, 0.15) is 13.3 Å². The molecule has 0 aliphatic heterocycles. The van der Waals surface area contributed by atoms with E-state index in [-0.39, 0.29) is 23.1 Å². The van der Waals surface area contributed by atoms with Crippen molar-refractivity contribution < 1.29 is 23.5 Å². The minimum absolute atomic E-state index is 0.0732. The summed E-state index contributed by atoms with van der Waals surface area (Å²) >= 11 is 2.94. The standard InChI is InChI=1S/C12H13BrF2N2O3/c1-6(11(18)19)2-3-16-12(20)17-10-8(13)4-7(14)5-9(10)15/h4-6H,2-3H2,1H3,(H,18,19)(H2,16,17,20). The van der Waals surface area contributed by atoms with Gasteiger partial charge < -0.3 is 15.7 Å². The fraction of sp³-hybridized carbons (Fsp3) is 0.333. The van der Waals surface area contributed by atoms with Crippen molar-refractivity contribution >= 4 is 33.6 Å². The zero-order valence-corrected chi connectivity index (χ0v) is 12.1. The zero-order valence-electron chi connectivity index (χ0n) is 10.5. The first-order valence-electron chi connectivity index (χ1n) is 5.73. The highest BCUT2D eigenvalue weighted by atomic mass is 79.9. The largest absolute Gasteiger partial charge is 0.481 e. The van der Waals surface area contributed by atoms with E-state index in [4.69, 9.17) is 5.11 Å². The SMILES string of the molecule is CC(CCNC(=O)Nc1c(F)cc(F)cc1Br)C(=O)O. The normalized spacial score (nSPS) is 11.8.